The number of nitrogens with one attached hydrogen (secondary N) is 1. The molecule has 0 heterocycles. The number of amides is 1. The van der Waals surface area contributed by atoms with Crippen molar-refractivity contribution in [2.24, 2.45) is 5.73 Å². The second-order valence-electron chi connectivity index (χ2n) is 4.63. The lowest BCUT2D eigenvalue weighted by Gasteiger charge is -2.16. The third-order valence-corrected chi connectivity index (χ3v) is 4.37. The Labute approximate surface area is 112 Å². The van der Waals surface area contributed by atoms with Crippen LogP contribution in [0.4, 0.5) is 0 Å². The number of rotatable bonds is 7. The van der Waals surface area contributed by atoms with Crippen LogP contribution in [0.1, 0.15) is 39.0 Å². The third-order valence-electron chi connectivity index (χ3n) is 3.14. The number of hydrogen-bond donors (Lipinski definition) is 3. The van der Waals surface area contributed by atoms with Gasteiger partial charge < -0.3 is 16.2 Å². The Morgan fingerprint density at radius 3 is 2.83 bits per heavy atom. The molecule has 0 aliphatic heterocycles. The molecule has 18 heavy (non-hydrogen) atoms. The molecule has 104 valence electrons. The van der Waals surface area contributed by atoms with Crippen molar-refractivity contribution >= 4 is 23.6 Å². The zero-order chi connectivity index (χ0) is 13.5. The van der Waals surface area contributed by atoms with Gasteiger partial charge in [-0.15, -0.1) is 0 Å². The first-order valence-corrected chi connectivity index (χ1v) is 7.47. The van der Waals surface area contributed by atoms with Crippen LogP contribution in [-0.4, -0.2) is 40.1 Å². The van der Waals surface area contributed by atoms with Crippen LogP contribution in [0.2, 0.25) is 0 Å². The van der Waals surface area contributed by atoms with E-state index in [-0.39, 0.29) is 24.8 Å². The molecule has 6 heteroatoms. The molecule has 0 aromatic carbocycles. The maximum Gasteiger partial charge on any atom is 0.303 e. The number of aliphatic carboxylic acids is 1. The molecule has 0 aromatic heterocycles. The number of carboxylic acid groups (broad SMARTS) is 1. The smallest absolute Gasteiger partial charge is 0.303 e. The molecule has 1 saturated carbocycles. The number of nitrogens with two attached hydrogens (primary N) is 1. The number of hydrogen-bond acceptors (Lipinski definition) is 4. The summed E-state index contributed by atoms with van der Waals surface area (Å²) in [5.74, 6) is -0.0365. The Bertz CT molecular complexity index is 299. The monoisotopic (exact) mass is 274 g/mol. The van der Waals surface area contributed by atoms with Gasteiger partial charge in [-0.1, -0.05) is 6.92 Å². The van der Waals surface area contributed by atoms with Crippen molar-refractivity contribution in [1.29, 1.82) is 0 Å². The van der Waals surface area contributed by atoms with Gasteiger partial charge in [-0.05, 0) is 31.4 Å². The predicted molar refractivity (Wildman–Crippen MR) is 72.5 cm³/mol. The fourth-order valence-electron chi connectivity index (χ4n) is 2.18. The third kappa shape index (κ3) is 5.27. The van der Waals surface area contributed by atoms with Crippen LogP contribution in [0.25, 0.3) is 0 Å². The Balaban J connectivity index is 2.25. The van der Waals surface area contributed by atoms with E-state index < -0.39 is 12.0 Å². The molecule has 4 N–H and O–H groups in total. The molecule has 0 radical (unpaired) electrons. The van der Waals surface area contributed by atoms with E-state index in [0.29, 0.717) is 5.25 Å². The molecule has 3 unspecified atom stereocenters. The lowest BCUT2D eigenvalue weighted by atomic mass is 10.1. The van der Waals surface area contributed by atoms with E-state index in [2.05, 4.69) is 12.2 Å². The molecule has 0 saturated heterocycles. The van der Waals surface area contributed by atoms with Crippen LogP contribution in [0.3, 0.4) is 0 Å². The summed E-state index contributed by atoms with van der Waals surface area (Å²) in [5.41, 5.74) is 5.66. The lowest BCUT2D eigenvalue weighted by Crippen LogP contribution is -2.44. The van der Waals surface area contributed by atoms with Crippen LogP contribution < -0.4 is 11.1 Å². The molecule has 3 atom stereocenters. The van der Waals surface area contributed by atoms with Crippen LogP contribution in [0.15, 0.2) is 0 Å². The van der Waals surface area contributed by atoms with Gasteiger partial charge in [-0.25, -0.2) is 0 Å². The van der Waals surface area contributed by atoms with Gasteiger partial charge in [0.15, 0.2) is 0 Å². The molecular formula is C12H22N2O3S. The molecular weight excluding hydrogens is 252 g/mol. The highest BCUT2D eigenvalue weighted by molar-refractivity contribution is 7.99. The first-order chi connectivity index (χ1) is 8.52. The van der Waals surface area contributed by atoms with Gasteiger partial charge in [-0.3, -0.25) is 9.59 Å². The maximum absolute atomic E-state index is 11.7. The van der Waals surface area contributed by atoms with Crippen molar-refractivity contribution in [2.75, 3.05) is 5.75 Å². The second kappa shape index (κ2) is 7.63. The van der Waals surface area contributed by atoms with E-state index in [9.17, 15) is 9.59 Å². The Morgan fingerprint density at radius 1 is 1.50 bits per heavy atom. The van der Waals surface area contributed by atoms with Crippen LogP contribution in [0, 0.1) is 0 Å². The zero-order valence-corrected chi connectivity index (χ0v) is 11.5. The van der Waals surface area contributed by atoms with Crippen LogP contribution >= 0.6 is 11.8 Å². The van der Waals surface area contributed by atoms with Crippen molar-refractivity contribution < 1.29 is 14.7 Å². The quantitative estimate of drug-likeness (QED) is 0.643. The summed E-state index contributed by atoms with van der Waals surface area (Å²) in [6, 6.07) is -0.503. The standard InChI is InChI=1S/C12H22N2O3S/c1-2-18-9-4-3-8(7-9)14-12(17)10(13)5-6-11(15)16/h8-10H,2-7,13H2,1H3,(H,14,17)(H,15,16). The summed E-state index contributed by atoms with van der Waals surface area (Å²) in [5, 5.41) is 12.1. The molecule has 1 aliphatic rings. The number of thioether (sulfide) groups is 1. The van der Waals surface area contributed by atoms with Crippen LogP contribution in [-0.2, 0) is 9.59 Å². The van der Waals surface area contributed by atoms with Gasteiger partial charge in [0.25, 0.3) is 0 Å². The van der Waals surface area contributed by atoms with Gasteiger partial charge in [0.1, 0.15) is 0 Å². The highest BCUT2D eigenvalue weighted by atomic mass is 32.2. The summed E-state index contributed by atoms with van der Waals surface area (Å²) in [7, 11) is 0. The zero-order valence-electron chi connectivity index (χ0n) is 10.7. The van der Waals surface area contributed by atoms with E-state index in [4.69, 9.17) is 10.8 Å². The highest BCUT2D eigenvalue weighted by Crippen LogP contribution is 2.29. The van der Waals surface area contributed by atoms with E-state index in [1.807, 2.05) is 11.8 Å². The first-order valence-electron chi connectivity index (χ1n) is 6.42. The average molecular weight is 274 g/mol. The molecule has 1 amide bonds. The predicted octanol–water partition coefficient (Wildman–Crippen LogP) is 0.969. The van der Waals surface area contributed by atoms with Gasteiger partial charge in [0.05, 0.1) is 6.04 Å². The second-order valence-corrected chi connectivity index (χ2v) is 6.21. The van der Waals surface area contributed by atoms with Crippen LogP contribution in [0.5, 0.6) is 0 Å². The SMILES string of the molecule is CCSC1CCC(NC(=O)C(N)CCC(=O)O)C1. The summed E-state index contributed by atoms with van der Waals surface area (Å²) in [6.45, 7) is 2.14. The average Bonchev–Trinajstić information content (AvgIpc) is 2.73. The number of carbonyl (C=O) groups excluding carboxylic acids is 1. The summed E-state index contributed by atoms with van der Waals surface area (Å²) >= 11 is 1.93. The van der Waals surface area contributed by atoms with Crippen molar-refractivity contribution in [3.8, 4) is 0 Å². The normalized spacial score (nSPS) is 24.8. The Kier molecular flexibility index (Phi) is 6.49. The number of carboxylic acids is 1. The lowest BCUT2D eigenvalue weighted by molar-refractivity contribution is -0.137. The maximum atomic E-state index is 11.7. The molecule has 1 aliphatic carbocycles. The van der Waals surface area contributed by atoms with Gasteiger partial charge >= 0.3 is 5.97 Å². The highest BCUT2D eigenvalue weighted by Gasteiger charge is 2.27. The number of carbonyl (C=O) groups is 2. The van der Waals surface area contributed by atoms with Gasteiger partial charge in [0, 0.05) is 17.7 Å². The largest absolute Gasteiger partial charge is 0.481 e. The van der Waals surface area contributed by atoms with Gasteiger partial charge in [0.2, 0.25) is 5.91 Å². The van der Waals surface area contributed by atoms with E-state index in [1.165, 1.54) is 0 Å². The summed E-state index contributed by atoms with van der Waals surface area (Å²) in [4.78, 5) is 22.1. The molecule has 0 aromatic rings. The molecule has 0 spiro atoms. The molecule has 1 fully saturated rings. The fourth-order valence-corrected chi connectivity index (χ4v) is 3.32. The minimum Gasteiger partial charge on any atom is -0.481 e. The summed E-state index contributed by atoms with van der Waals surface area (Å²) < 4.78 is 0. The minimum atomic E-state index is -0.918. The van der Waals surface area contributed by atoms with Crippen molar-refractivity contribution in [3.05, 3.63) is 0 Å². The fraction of sp³-hybridized carbons (Fsp3) is 0.833. The van der Waals surface area contributed by atoms with Crippen molar-refractivity contribution in [1.82, 2.24) is 5.32 Å². The van der Waals surface area contributed by atoms with E-state index in [0.717, 1.165) is 25.0 Å². The molecule has 1 rings (SSSR count). The minimum absolute atomic E-state index is 0.0619. The van der Waals surface area contributed by atoms with E-state index in [1.54, 1.807) is 0 Å². The van der Waals surface area contributed by atoms with E-state index >= 15 is 0 Å². The van der Waals surface area contributed by atoms with Gasteiger partial charge in [-0.2, -0.15) is 11.8 Å². The molecule has 5 nitrogen and oxygen atoms in total. The first kappa shape index (κ1) is 15.3. The molecule has 0 bridgehead atoms. The van der Waals surface area contributed by atoms with Crippen molar-refractivity contribution in [3.63, 3.8) is 0 Å². The Hall–Kier alpha value is -0.750. The van der Waals surface area contributed by atoms with Crippen molar-refractivity contribution in [2.45, 2.75) is 56.4 Å². The Morgan fingerprint density at radius 2 is 2.22 bits per heavy atom. The topological polar surface area (TPSA) is 92.4 Å². The summed E-state index contributed by atoms with van der Waals surface area (Å²) in [6.07, 6.45) is 3.26.